The van der Waals surface area contributed by atoms with Gasteiger partial charge in [0.2, 0.25) is 5.91 Å². The van der Waals surface area contributed by atoms with Gasteiger partial charge in [-0.05, 0) is 37.0 Å². The zero-order valence-electron chi connectivity index (χ0n) is 12.1. The first-order valence-corrected chi connectivity index (χ1v) is 7.12. The van der Waals surface area contributed by atoms with E-state index < -0.39 is 0 Å². The van der Waals surface area contributed by atoms with Crippen molar-refractivity contribution in [3.63, 3.8) is 0 Å². The number of carbonyl (C=O) groups is 1. The van der Waals surface area contributed by atoms with Crippen molar-refractivity contribution >= 4 is 5.91 Å². The molecular formula is C16H18FN3O. The van der Waals surface area contributed by atoms with Gasteiger partial charge >= 0.3 is 0 Å². The molecule has 5 heteroatoms. The Balaban J connectivity index is 1.70. The third-order valence-corrected chi connectivity index (χ3v) is 4.01. The lowest BCUT2D eigenvalue weighted by molar-refractivity contribution is -0.122. The number of nitrogens with one attached hydrogen (secondary N) is 1. The molecule has 2 aromatic rings. The number of benzene rings is 1. The van der Waals surface area contributed by atoms with Crippen LogP contribution in [0.5, 0.6) is 0 Å². The molecule has 0 aliphatic heterocycles. The van der Waals surface area contributed by atoms with E-state index in [1.165, 1.54) is 6.07 Å². The summed E-state index contributed by atoms with van der Waals surface area (Å²) in [6.07, 6.45) is 4.32. The van der Waals surface area contributed by atoms with Gasteiger partial charge in [0, 0.05) is 24.9 Å². The van der Waals surface area contributed by atoms with Gasteiger partial charge in [-0.25, -0.2) is 9.37 Å². The monoisotopic (exact) mass is 287 g/mol. The third-order valence-electron chi connectivity index (χ3n) is 4.01. The normalized spacial score (nSPS) is 20.3. The van der Waals surface area contributed by atoms with Gasteiger partial charge < -0.3 is 9.88 Å². The fourth-order valence-electron chi connectivity index (χ4n) is 2.50. The van der Waals surface area contributed by atoms with Crippen molar-refractivity contribution < 1.29 is 9.18 Å². The predicted octanol–water partition coefficient (Wildman–Crippen LogP) is 2.59. The van der Waals surface area contributed by atoms with Crippen molar-refractivity contribution in [2.45, 2.75) is 26.8 Å². The molecule has 1 amide bonds. The Morgan fingerprint density at radius 2 is 2.29 bits per heavy atom. The molecule has 1 aliphatic carbocycles. The van der Waals surface area contributed by atoms with Gasteiger partial charge in [-0.3, -0.25) is 4.79 Å². The average molecular weight is 287 g/mol. The van der Waals surface area contributed by atoms with Crippen LogP contribution in [0.4, 0.5) is 4.39 Å². The van der Waals surface area contributed by atoms with Crippen LogP contribution >= 0.6 is 0 Å². The molecule has 3 rings (SSSR count). The van der Waals surface area contributed by atoms with Crippen LogP contribution in [0.3, 0.4) is 0 Å². The highest BCUT2D eigenvalue weighted by atomic mass is 19.1. The highest BCUT2D eigenvalue weighted by molar-refractivity contribution is 5.81. The number of imidazole rings is 1. The van der Waals surface area contributed by atoms with E-state index >= 15 is 0 Å². The minimum atomic E-state index is -0.317. The summed E-state index contributed by atoms with van der Waals surface area (Å²) >= 11 is 0. The van der Waals surface area contributed by atoms with Crippen molar-refractivity contribution in [3.05, 3.63) is 47.8 Å². The number of nitrogens with zero attached hydrogens (tertiary/aromatic N) is 2. The molecule has 1 aromatic heterocycles. The van der Waals surface area contributed by atoms with Gasteiger partial charge in [0.25, 0.3) is 0 Å². The minimum absolute atomic E-state index is 0.0671. The Morgan fingerprint density at radius 1 is 1.52 bits per heavy atom. The number of rotatable bonds is 4. The lowest BCUT2D eigenvalue weighted by Gasteiger charge is -2.09. The van der Waals surface area contributed by atoms with Gasteiger partial charge in [0.05, 0.1) is 5.69 Å². The average Bonchev–Trinajstić information content (AvgIpc) is 3.04. The molecule has 1 saturated carbocycles. The molecule has 110 valence electrons. The summed E-state index contributed by atoms with van der Waals surface area (Å²) in [4.78, 5) is 15.8. The first-order chi connectivity index (χ1) is 10.1. The summed E-state index contributed by atoms with van der Waals surface area (Å²) in [5.41, 5.74) is 1.23. The standard InChI is InChI=1S/C16H18FN3O/c1-10-7-13(10)16(21)19-9-12-3-4-15(14(17)8-12)20-6-5-18-11(20)2/h3-6,8,10,13H,7,9H2,1-2H3,(H,19,21). The van der Waals surface area contributed by atoms with E-state index in [-0.39, 0.29) is 17.6 Å². The molecule has 0 spiro atoms. The quantitative estimate of drug-likeness (QED) is 0.939. The second kappa shape index (κ2) is 5.31. The minimum Gasteiger partial charge on any atom is -0.352 e. The van der Waals surface area contributed by atoms with Gasteiger partial charge in [-0.15, -0.1) is 0 Å². The topological polar surface area (TPSA) is 46.9 Å². The van der Waals surface area contributed by atoms with Crippen LogP contribution < -0.4 is 5.32 Å². The van der Waals surface area contributed by atoms with Crippen LogP contribution in [0, 0.1) is 24.6 Å². The fourth-order valence-corrected chi connectivity index (χ4v) is 2.50. The number of amides is 1. The van der Waals surface area contributed by atoms with Crippen molar-refractivity contribution in [1.82, 2.24) is 14.9 Å². The number of aryl methyl sites for hydroxylation is 1. The Labute approximate surface area is 123 Å². The van der Waals surface area contributed by atoms with Crippen molar-refractivity contribution in [3.8, 4) is 5.69 Å². The van der Waals surface area contributed by atoms with E-state index in [4.69, 9.17) is 0 Å². The molecule has 1 aliphatic rings. The number of halogens is 1. The Bertz CT molecular complexity index is 680. The Hall–Kier alpha value is -2.17. The predicted molar refractivity (Wildman–Crippen MR) is 77.4 cm³/mol. The zero-order chi connectivity index (χ0) is 15.0. The second-order valence-corrected chi connectivity index (χ2v) is 5.67. The molecule has 0 saturated heterocycles. The molecule has 1 heterocycles. The van der Waals surface area contributed by atoms with Crippen LogP contribution in [0.25, 0.3) is 5.69 Å². The fraction of sp³-hybridized carbons (Fsp3) is 0.375. The van der Waals surface area contributed by atoms with Crippen LogP contribution in [-0.2, 0) is 11.3 Å². The largest absolute Gasteiger partial charge is 0.352 e. The maximum atomic E-state index is 14.2. The van der Waals surface area contributed by atoms with Crippen LogP contribution in [0.2, 0.25) is 0 Å². The number of carbonyl (C=O) groups excluding carboxylic acids is 1. The molecule has 2 atom stereocenters. The van der Waals surface area contributed by atoms with E-state index in [1.54, 1.807) is 23.0 Å². The molecule has 1 N–H and O–H groups in total. The molecule has 0 radical (unpaired) electrons. The van der Waals surface area contributed by atoms with Crippen molar-refractivity contribution in [1.29, 1.82) is 0 Å². The highest BCUT2D eigenvalue weighted by Crippen LogP contribution is 2.37. The highest BCUT2D eigenvalue weighted by Gasteiger charge is 2.38. The smallest absolute Gasteiger partial charge is 0.223 e. The molecular weight excluding hydrogens is 269 g/mol. The lowest BCUT2D eigenvalue weighted by atomic mass is 10.2. The summed E-state index contributed by atoms with van der Waals surface area (Å²) < 4.78 is 15.9. The molecule has 2 unspecified atom stereocenters. The first kappa shape index (κ1) is 13.8. The van der Waals surface area contributed by atoms with Gasteiger partial charge in [0.1, 0.15) is 11.6 Å². The number of hydrogen-bond donors (Lipinski definition) is 1. The zero-order valence-corrected chi connectivity index (χ0v) is 12.1. The summed E-state index contributed by atoms with van der Waals surface area (Å²) in [5.74, 6) is 1.11. The maximum absolute atomic E-state index is 14.2. The van der Waals surface area contributed by atoms with Crippen molar-refractivity contribution in [2.75, 3.05) is 0 Å². The number of aromatic nitrogens is 2. The van der Waals surface area contributed by atoms with E-state index in [0.717, 1.165) is 17.8 Å². The SMILES string of the molecule is Cc1nccn1-c1ccc(CNC(=O)C2CC2C)cc1F. The Morgan fingerprint density at radius 3 is 2.86 bits per heavy atom. The molecule has 1 aromatic carbocycles. The number of hydrogen-bond acceptors (Lipinski definition) is 2. The summed E-state index contributed by atoms with van der Waals surface area (Å²) in [7, 11) is 0. The van der Waals surface area contributed by atoms with Crippen LogP contribution in [0.1, 0.15) is 24.7 Å². The van der Waals surface area contributed by atoms with Crippen molar-refractivity contribution in [2.24, 2.45) is 11.8 Å². The van der Waals surface area contributed by atoms with E-state index in [9.17, 15) is 9.18 Å². The molecule has 4 nitrogen and oxygen atoms in total. The molecule has 0 bridgehead atoms. The Kier molecular flexibility index (Phi) is 3.49. The molecule has 21 heavy (non-hydrogen) atoms. The summed E-state index contributed by atoms with van der Waals surface area (Å²) in [5, 5.41) is 2.86. The summed E-state index contributed by atoms with van der Waals surface area (Å²) in [6, 6.07) is 5.01. The third kappa shape index (κ3) is 2.82. The van der Waals surface area contributed by atoms with Gasteiger partial charge in [-0.1, -0.05) is 13.0 Å². The van der Waals surface area contributed by atoms with Crippen LogP contribution in [-0.4, -0.2) is 15.5 Å². The first-order valence-electron chi connectivity index (χ1n) is 7.12. The van der Waals surface area contributed by atoms with E-state index in [1.807, 2.05) is 13.0 Å². The second-order valence-electron chi connectivity index (χ2n) is 5.67. The van der Waals surface area contributed by atoms with E-state index in [0.29, 0.717) is 18.2 Å². The van der Waals surface area contributed by atoms with Crippen LogP contribution in [0.15, 0.2) is 30.6 Å². The summed E-state index contributed by atoms with van der Waals surface area (Å²) in [6.45, 7) is 4.25. The maximum Gasteiger partial charge on any atom is 0.223 e. The van der Waals surface area contributed by atoms with E-state index in [2.05, 4.69) is 17.2 Å². The van der Waals surface area contributed by atoms with Gasteiger partial charge in [0.15, 0.2) is 0 Å². The lowest BCUT2D eigenvalue weighted by Crippen LogP contribution is -2.24. The van der Waals surface area contributed by atoms with Gasteiger partial charge in [-0.2, -0.15) is 0 Å². The molecule has 1 fully saturated rings.